The summed E-state index contributed by atoms with van der Waals surface area (Å²) >= 11 is 3.25. The molecule has 1 rings (SSSR count). The maximum atomic E-state index is 13.9. The summed E-state index contributed by atoms with van der Waals surface area (Å²) in [6.07, 6.45) is 0.887. The topological polar surface area (TPSA) is 54.5 Å². The van der Waals surface area contributed by atoms with Gasteiger partial charge in [-0.2, -0.15) is 13.2 Å². The molecule has 0 N–H and O–H groups in total. The van der Waals surface area contributed by atoms with Gasteiger partial charge in [0.25, 0.3) is 17.2 Å². The van der Waals surface area contributed by atoms with Crippen molar-refractivity contribution in [2.24, 2.45) is 0 Å². The number of halogens is 4. The van der Waals surface area contributed by atoms with Crippen molar-refractivity contribution >= 4 is 40.4 Å². The number of ketones is 1. The van der Waals surface area contributed by atoms with Crippen LogP contribution in [-0.4, -0.2) is 59.9 Å². The van der Waals surface area contributed by atoms with Crippen molar-refractivity contribution in [2.75, 3.05) is 25.5 Å². The van der Waals surface area contributed by atoms with Crippen LogP contribution in [0.2, 0.25) is 0 Å². The van der Waals surface area contributed by atoms with E-state index in [2.05, 4.69) is 15.9 Å². The molecule has 0 saturated carbocycles. The molecule has 186 valence electrons. The Morgan fingerprint density at radius 1 is 0.909 bits per heavy atom. The van der Waals surface area contributed by atoms with Crippen LogP contribution in [0.1, 0.15) is 69.7 Å². The lowest BCUT2D eigenvalue weighted by Crippen LogP contribution is -2.53. The van der Waals surface area contributed by atoms with Gasteiger partial charge >= 0.3 is 6.18 Å². The number of unbranched alkanes of at least 4 members (excludes halogenated alkanes) is 3. The summed E-state index contributed by atoms with van der Waals surface area (Å²) in [5, 5.41) is 0. The molecule has 0 aromatic heterocycles. The van der Waals surface area contributed by atoms with E-state index in [-0.39, 0.29) is 5.56 Å². The Bertz CT molecular complexity index is 777. The second kappa shape index (κ2) is 13.6. The van der Waals surface area contributed by atoms with Gasteiger partial charge in [-0.05, 0) is 43.5 Å². The molecule has 1 unspecified atom stereocenters. The van der Waals surface area contributed by atoms with Crippen LogP contribution < -0.4 is 0 Å². The minimum Gasteiger partial charge on any atom is -0.321 e. The third-order valence-electron chi connectivity index (χ3n) is 5.85. The fourth-order valence-corrected chi connectivity index (χ4v) is 9.00. The number of likely N-dealkylation sites (N-methyl/N-ethyl adjacent to an activating group) is 1. The van der Waals surface area contributed by atoms with Gasteiger partial charge in [-0.1, -0.05) is 56.0 Å². The van der Waals surface area contributed by atoms with Crippen molar-refractivity contribution in [3.63, 3.8) is 0 Å². The molecule has 0 radical (unpaired) electrons. The SMILES string of the molecule is CCCC[P+](CCCC)(CCCC)C(=O)C(C(=O)C(F)(F)F)N(C)C(=O)c1ccc(Br)cc1. The Morgan fingerprint density at radius 3 is 1.70 bits per heavy atom. The molecule has 1 aromatic carbocycles. The third kappa shape index (κ3) is 8.17. The average Bonchev–Trinajstić information content (AvgIpc) is 2.78. The minimum atomic E-state index is -5.22. The first-order chi connectivity index (χ1) is 15.4. The molecule has 33 heavy (non-hydrogen) atoms. The van der Waals surface area contributed by atoms with Crippen molar-refractivity contribution < 1.29 is 27.6 Å². The van der Waals surface area contributed by atoms with Crippen molar-refractivity contribution in [1.29, 1.82) is 0 Å². The van der Waals surface area contributed by atoms with Gasteiger partial charge in [-0.3, -0.25) is 14.4 Å². The molecule has 0 spiro atoms. The number of carbonyl (C=O) groups is 3. The van der Waals surface area contributed by atoms with E-state index in [0.29, 0.717) is 47.1 Å². The standard InChI is InChI=1S/C24H35BrF3NO3P/c1-5-8-15-33(16-9-6-2,17-10-7-3)23(32)20(21(30)24(26,27)28)29(4)22(31)18-11-13-19(25)14-12-18/h11-14,20H,5-10,15-17H2,1-4H3/q+1. The first-order valence-electron chi connectivity index (χ1n) is 11.5. The van der Waals surface area contributed by atoms with Crippen LogP contribution in [0.3, 0.4) is 0 Å². The van der Waals surface area contributed by atoms with Gasteiger partial charge in [0.1, 0.15) is 0 Å². The largest absolute Gasteiger partial charge is 0.452 e. The minimum absolute atomic E-state index is 0.119. The summed E-state index contributed by atoms with van der Waals surface area (Å²) in [5.74, 6) is -2.94. The molecule has 1 amide bonds. The highest BCUT2D eigenvalue weighted by Crippen LogP contribution is 2.62. The van der Waals surface area contributed by atoms with E-state index in [1.54, 1.807) is 12.1 Å². The fraction of sp³-hybridized carbons (Fsp3) is 0.625. The lowest BCUT2D eigenvalue weighted by molar-refractivity contribution is -0.175. The van der Waals surface area contributed by atoms with E-state index in [9.17, 15) is 27.6 Å². The summed E-state index contributed by atoms with van der Waals surface area (Å²) in [6.45, 7) is 5.92. The zero-order valence-corrected chi connectivity index (χ0v) is 22.4. The van der Waals surface area contributed by atoms with E-state index in [1.807, 2.05) is 20.8 Å². The highest BCUT2D eigenvalue weighted by Gasteiger charge is 2.57. The maximum Gasteiger partial charge on any atom is 0.452 e. The first kappa shape index (κ1) is 29.8. The summed E-state index contributed by atoms with van der Waals surface area (Å²) in [5.41, 5.74) is -0.554. The quantitative estimate of drug-likeness (QED) is 0.185. The zero-order valence-electron chi connectivity index (χ0n) is 19.9. The molecule has 0 aliphatic rings. The van der Waals surface area contributed by atoms with E-state index < -0.39 is 36.7 Å². The molecular weight excluding hydrogens is 518 g/mol. The van der Waals surface area contributed by atoms with Crippen LogP contribution >= 0.6 is 23.2 Å². The van der Waals surface area contributed by atoms with Gasteiger partial charge in [-0.25, -0.2) is 0 Å². The average molecular weight is 553 g/mol. The van der Waals surface area contributed by atoms with Crippen molar-refractivity contribution in [2.45, 2.75) is 71.5 Å². The summed E-state index contributed by atoms with van der Waals surface area (Å²) in [4.78, 5) is 40.3. The molecule has 0 bridgehead atoms. The summed E-state index contributed by atoms with van der Waals surface area (Å²) in [7, 11) is -1.44. The molecule has 0 aliphatic carbocycles. The molecule has 4 nitrogen and oxygen atoms in total. The lowest BCUT2D eigenvalue weighted by Gasteiger charge is -2.33. The number of rotatable bonds is 14. The maximum absolute atomic E-state index is 13.9. The molecule has 0 aliphatic heterocycles. The van der Waals surface area contributed by atoms with Crippen molar-refractivity contribution in [3.05, 3.63) is 34.3 Å². The number of alkyl halides is 3. The van der Waals surface area contributed by atoms with Crippen LogP contribution in [0.25, 0.3) is 0 Å². The predicted octanol–water partition coefficient (Wildman–Crippen LogP) is 6.97. The van der Waals surface area contributed by atoms with Gasteiger partial charge < -0.3 is 4.90 Å². The van der Waals surface area contributed by atoms with Crippen molar-refractivity contribution in [3.8, 4) is 0 Å². The second-order valence-electron chi connectivity index (χ2n) is 8.40. The van der Waals surface area contributed by atoms with E-state index in [1.165, 1.54) is 12.1 Å². The summed E-state index contributed by atoms with van der Waals surface area (Å²) in [6, 6.07) is 3.93. The Kier molecular flexibility index (Phi) is 12.2. The number of Topliss-reactive ketones (excluding diaryl/α,β-unsaturated/α-hetero) is 1. The van der Waals surface area contributed by atoms with Crippen LogP contribution in [0.15, 0.2) is 28.7 Å². The summed E-state index contributed by atoms with van der Waals surface area (Å²) < 4.78 is 41.6. The highest BCUT2D eigenvalue weighted by atomic mass is 79.9. The molecule has 0 saturated heterocycles. The Balaban J connectivity index is 3.54. The molecule has 0 heterocycles. The molecule has 1 atom stereocenters. The smallest absolute Gasteiger partial charge is 0.321 e. The van der Waals surface area contributed by atoms with Gasteiger partial charge in [-0.15, -0.1) is 0 Å². The monoisotopic (exact) mass is 552 g/mol. The molecule has 9 heteroatoms. The van der Waals surface area contributed by atoms with Gasteiger partial charge in [0, 0.05) is 17.1 Å². The molecular formula is C24H35BrF3NO3P+. The molecule has 1 aromatic rings. The number of nitrogens with zero attached hydrogens (tertiary/aromatic N) is 1. The number of hydrogen-bond acceptors (Lipinski definition) is 3. The van der Waals surface area contributed by atoms with E-state index in [4.69, 9.17) is 0 Å². The zero-order chi connectivity index (χ0) is 25.2. The van der Waals surface area contributed by atoms with Crippen molar-refractivity contribution in [1.82, 2.24) is 4.90 Å². The van der Waals surface area contributed by atoms with Gasteiger partial charge in [0.15, 0.2) is 6.04 Å². The Morgan fingerprint density at radius 2 is 1.33 bits per heavy atom. The number of benzene rings is 1. The Hall–Kier alpha value is -1.27. The lowest BCUT2D eigenvalue weighted by atomic mass is 10.1. The van der Waals surface area contributed by atoms with Crippen LogP contribution in [-0.2, 0) is 9.59 Å². The normalized spacial score (nSPS) is 13.0. The van der Waals surface area contributed by atoms with Crippen LogP contribution in [0.4, 0.5) is 13.2 Å². The highest BCUT2D eigenvalue weighted by molar-refractivity contribution is 9.10. The number of amides is 1. The Labute approximate surface area is 204 Å². The van der Waals surface area contributed by atoms with E-state index in [0.717, 1.165) is 26.3 Å². The van der Waals surface area contributed by atoms with Gasteiger partial charge in [0.05, 0.1) is 25.7 Å². The van der Waals surface area contributed by atoms with E-state index >= 15 is 0 Å². The number of hydrogen-bond donors (Lipinski definition) is 0. The van der Waals surface area contributed by atoms with Gasteiger partial charge in [0.2, 0.25) is 0 Å². The first-order valence-corrected chi connectivity index (χ1v) is 14.6. The molecule has 0 fully saturated rings. The third-order valence-corrected chi connectivity index (χ3v) is 11.1. The fourth-order valence-electron chi connectivity index (χ4n) is 3.83. The van der Waals surface area contributed by atoms with Crippen LogP contribution in [0, 0.1) is 0 Å². The second-order valence-corrected chi connectivity index (χ2v) is 13.4. The number of carbonyl (C=O) groups excluding carboxylic acids is 3. The predicted molar refractivity (Wildman–Crippen MR) is 132 cm³/mol. The van der Waals surface area contributed by atoms with Crippen LogP contribution in [0.5, 0.6) is 0 Å².